The van der Waals surface area contributed by atoms with E-state index in [4.69, 9.17) is 5.11 Å². The van der Waals surface area contributed by atoms with Gasteiger partial charge in [-0.2, -0.15) is 0 Å². The summed E-state index contributed by atoms with van der Waals surface area (Å²) in [4.78, 5) is 10.6. The van der Waals surface area contributed by atoms with Crippen LogP contribution in [0.2, 0.25) is 0 Å². The van der Waals surface area contributed by atoms with Gasteiger partial charge in [0, 0.05) is 11.6 Å². The van der Waals surface area contributed by atoms with Crippen LogP contribution in [0.5, 0.6) is 0 Å². The Bertz CT molecular complexity index is 375. The quantitative estimate of drug-likeness (QED) is 0.831. The SMILES string of the molecule is CC(NC(C)c1c(F)cccc1F)C(=O)O. The minimum atomic E-state index is -1.07. The Morgan fingerprint density at radius 3 is 2.25 bits per heavy atom. The van der Waals surface area contributed by atoms with E-state index in [2.05, 4.69) is 5.32 Å². The summed E-state index contributed by atoms with van der Waals surface area (Å²) < 4.78 is 26.6. The third-order valence-electron chi connectivity index (χ3n) is 2.30. The van der Waals surface area contributed by atoms with Crippen LogP contribution in [0.1, 0.15) is 25.5 Å². The molecule has 0 aliphatic rings. The van der Waals surface area contributed by atoms with Gasteiger partial charge in [-0.05, 0) is 26.0 Å². The number of carboxylic acids is 1. The predicted octanol–water partition coefficient (Wildman–Crippen LogP) is 2.09. The average Bonchev–Trinajstić information content (AvgIpc) is 2.16. The zero-order chi connectivity index (χ0) is 12.3. The molecule has 3 nitrogen and oxygen atoms in total. The average molecular weight is 229 g/mol. The van der Waals surface area contributed by atoms with Gasteiger partial charge < -0.3 is 5.11 Å². The molecule has 0 aliphatic carbocycles. The molecular formula is C11H13F2NO2. The monoisotopic (exact) mass is 229 g/mol. The van der Waals surface area contributed by atoms with Crippen molar-refractivity contribution in [1.82, 2.24) is 5.32 Å². The zero-order valence-electron chi connectivity index (χ0n) is 9.00. The second-order valence-corrected chi connectivity index (χ2v) is 3.58. The molecule has 2 unspecified atom stereocenters. The van der Waals surface area contributed by atoms with Crippen LogP contribution < -0.4 is 5.32 Å². The molecule has 0 amide bonds. The molecule has 2 atom stereocenters. The van der Waals surface area contributed by atoms with Crippen molar-refractivity contribution in [3.05, 3.63) is 35.4 Å². The summed E-state index contributed by atoms with van der Waals surface area (Å²) in [6, 6.07) is 1.98. The van der Waals surface area contributed by atoms with Crippen LogP contribution in [0, 0.1) is 11.6 Å². The largest absolute Gasteiger partial charge is 0.480 e. The second kappa shape index (κ2) is 5.03. The van der Waals surface area contributed by atoms with Crippen LogP contribution in [-0.2, 0) is 4.79 Å². The van der Waals surface area contributed by atoms with E-state index in [-0.39, 0.29) is 5.56 Å². The lowest BCUT2D eigenvalue weighted by atomic mass is 10.1. The van der Waals surface area contributed by atoms with Crippen LogP contribution in [0.4, 0.5) is 8.78 Å². The Morgan fingerprint density at radius 1 is 1.31 bits per heavy atom. The normalized spacial score (nSPS) is 14.5. The predicted molar refractivity (Wildman–Crippen MR) is 55.0 cm³/mol. The standard InChI is InChI=1S/C11H13F2NO2/c1-6(14-7(2)11(15)16)10-8(12)4-3-5-9(10)13/h3-7,14H,1-2H3,(H,15,16). The van der Waals surface area contributed by atoms with Crippen LogP contribution in [0.15, 0.2) is 18.2 Å². The maximum Gasteiger partial charge on any atom is 0.320 e. The molecule has 1 rings (SSSR count). The van der Waals surface area contributed by atoms with E-state index in [0.717, 1.165) is 12.1 Å². The summed E-state index contributed by atoms with van der Waals surface area (Å²) in [7, 11) is 0. The smallest absolute Gasteiger partial charge is 0.320 e. The molecule has 16 heavy (non-hydrogen) atoms. The number of carboxylic acid groups (broad SMARTS) is 1. The van der Waals surface area contributed by atoms with Crippen molar-refractivity contribution in [3.63, 3.8) is 0 Å². The first-order valence-corrected chi connectivity index (χ1v) is 4.86. The van der Waals surface area contributed by atoms with Gasteiger partial charge in [0.1, 0.15) is 17.7 Å². The van der Waals surface area contributed by atoms with E-state index in [1.807, 2.05) is 0 Å². The van der Waals surface area contributed by atoms with E-state index >= 15 is 0 Å². The Morgan fingerprint density at radius 2 is 1.81 bits per heavy atom. The number of rotatable bonds is 4. The second-order valence-electron chi connectivity index (χ2n) is 3.58. The molecule has 0 aliphatic heterocycles. The fourth-order valence-electron chi connectivity index (χ4n) is 1.45. The molecule has 0 aromatic heterocycles. The third kappa shape index (κ3) is 2.76. The molecule has 0 saturated heterocycles. The molecule has 0 fully saturated rings. The number of aliphatic carboxylic acids is 1. The molecule has 0 radical (unpaired) electrons. The van der Waals surface area contributed by atoms with Gasteiger partial charge in [-0.15, -0.1) is 0 Å². The highest BCUT2D eigenvalue weighted by atomic mass is 19.1. The van der Waals surface area contributed by atoms with Crippen molar-refractivity contribution in [2.75, 3.05) is 0 Å². The van der Waals surface area contributed by atoms with E-state index in [9.17, 15) is 13.6 Å². The lowest BCUT2D eigenvalue weighted by Crippen LogP contribution is -2.36. The topological polar surface area (TPSA) is 49.3 Å². The van der Waals surface area contributed by atoms with E-state index in [1.54, 1.807) is 0 Å². The maximum absolute atomic E-state index is 13.3. The molecule has 0 heterocycles. The lowest BCUT2D eigenvalue weighted by Gasteiger charge is -2.18. The first-order valence-electron chi connectivity index (χ1n) is 4.86. The van der Waals surface area contributed by atoms with Gasteiger partial charge in [-0.25, -0.2) is 8.78 Å². The van der Waals surface area contributed by atoms with Crippen LogP contribution in [0.3, 0.4) is 0 Å². The summed E-state index contributed by atoms with van der Waals surface area (Å²) in [5.41, 5.74) is -0.143. The number of hydrogen-bond acceptors (Lipinski definition) is 2. The van der Waals surface area contributed by atoms with Gasteiger partial charge in [0.05, 0.1) is 0 Å². The maximum atomic E-state index is 13.3. The number of carbonyl (C=O) groups is 1. The number of nitrogens with one attached hydrogen (secondary N) is 1. The zero-order valence-corrected chi connectivity index (χ0v) is 9.00. The van der Waals surface area contributed by atoms with Crippen molar-refractivity contribution in [3.8, 4) is 0 Å². The van der Waals surface area contributed by atoms with E-state index in [1.165, 1.54) is 19.9 Å². The van der Waals surface area contributed by atoms with Crippen molar-refractivity contribution in [2.45, 2.75) is 25.9 Å². The van der Waals surface area contributed by atoms with Gasteiger partial charge in [0.15, 0.2) is 0 Å². The third-order valence-corrected chi connectivity index (χ3v) is 2.30. The van der Waals surface area contributed by atoms with E-state index < -0.39 is 29.7 Å². The molecule has 0 spiro atoms. The van der Waals surface area contributed by atoms with Gasteiger partial charge in [0.2, 0.25) is 0 Å². The Labute approximate surface area is 92.1 Å². The van der Waals surface area contributed by atoms with Crippen LogP contribution >= 0.6 is 0 Å². The molecule has 2 N–H and O–H groups in total. The number of hydrogen-bond donors (Lipinski definition) is 2. The number of benzene rings is 1. The lowest BCUT2D eigenvalue weighted by molar-refractivity contribution is -0.139. The highest BCUT2D eigenvalue weighted by Crippen LogP contribution is 2.20. The van der Waals surface area contributed by atoms with Crippen molar-refractivity contribution in [1.29, 1.82) is 0 Å². The Hall–Kier alpha value is -1.49. The summed E-state index contributed by atoms with van der Waals surface area (Å²) in [5.74, 6) is -2.43. The van der Waals surface area contributed by atoms with Gasteiger partial charge in [-0.1, -0.05) is 6.07 Å². The summed E-state index contributed by atoms with van der Waals surface area (Å²) >= 11 is 0. The van der Waals surface area contributed by atoms with Crippen LogP contribution in [-0.4, -0.2) is 17.1 Å². The van der Waals surface area contributed by atoms with Gasteiger partial charge in [0.25, 0.3) is 0 Å². The Kier molecular flexibility index (Phi) is 3.95. The highest BCUT2D eigenvalue weighted by Gasteiger charge is 2.20. The fraction of sp³-hybridized carbons (Fsp3) is 0.364. The minimum Gasteiger partial charge on any atom is -0.480 e. The van der Waals surface area contributed by atoms with Crippen molar-refractivity contribution >= 4 is 5.97 Å². The molecule has 1 aromatic carbocycles. The fourth-order valence-corrected chi connectivity index (χ4v) is 1.45. The minimum absolute atomic E-state index is 0.143. The van der Waals surface area contributed by atoms with Gasteiger partial charge in [-0.3, -0.25) is 10.1 Å². The molecule has 1 aromatic rings. The van der Waals surface area contributed by atoms with Crippen LogP contribution in [0.25, 0.3) is 0 Å². The first kappa shape index (κ1) is 12.6. The Balaban J connectivity index is 2.88. The summed E-state index contributed by atoms with van der Waals surface area (Å²) in [5, 5.41) is 11.3. The van der Waals surface area contributed by atoms with Gasteiger partial charge >= 0.3 is 5.97 Å². The molecule has 5 heteroatoms. The highest BCUT2D eigenvalue weighted by molar-refractivity contribution is 5.72. The van der Waals surface area contributed by atoms with Crippen molar-refractivity contribution < 1.29 is 18.7 Å². The van der Waals surface area contributed by atoms with E-state index in [0.29, 0.717) is 0 Å². The first-order chi connectivity index (χ1) is 7.43. The molecule has 0 bridgehead atoms. The molecule has 0 saturated carbocycles. The summed E-state index contributed by atoms with van der Waals surface area (Å²) in [6.07, 6.45) is 0. The molecular weight excluding hydrogens is 216 g/mol. The molecule has 88 valence electrons. The van der Waals surface area contributed by atoms with Crippen molar-refractivity contribution in [2.24, 2.45) is 0 Å². The summed E-state index contributed by atoms with van der Waals surface area (Å²) in [6.45, 7) is 2.93. The number of halogens is 2.